The molecule has 1 saturated heterocycles. The number of imide groups is 1. The van der Waals surface area contributed by atoms with Gasteiger partial charge in [-0.1, -0.05) is 23.8 Å². The highest BCUT2D eigenvalue weighted by Gasteiger charge is 2.56. The molecule has 4 aliphatic rings. The molecule has 0 bridgehead atoms. The topological polar surface area (TPSA) is 91.8 Å². The van der Waals surface area contributed by atoms with E-state index in [0.717, 1.165) is 14.7 Å². The molecule has 6 rings (SSSR count). The molecule has 7 heteroatoms. The first-order valence-electron chi connectivity index (χ1n) is 12.3. The number of halogens is 1. The molecule has 0 spiro atoms. The smallest absolute Gasteiger partial charge is 0.238 e. The molecule has 37 heavy (non-hydrogen) atoms. The fourth-order valence-electron chi connectivity index (χ4n) is 6.44. The molecule has 186 valence electrons. The first kappa shape index (κ1) is 24.0. The number of carbonyl (C=O) groups excluding carboxylic acids is 4. The van der Waals surface area contributed by atoms with Gasteiger partial charge in [-0.3, -0.25) is 24.1 Å². The molecule has 6 nitrogen and oxygen atoms in total. The van der Waals surface area contributed by atoms with Crippen LogP contribution in [0.15, 0.2) is 76.9 Å². The molecule has 2 aromatic carbocycles. The molecule has 3 aliphatic carbocycles. The zero-order valence-electron chi connectivity index (χ0n) is 20.3. The number of carbonyl (C=O) groups is 4. The Morgan fingerprint density at radius 2 is 1.68 bits per heavy atom. The van der Waals surface area contributed by atoms with Crippen LogP contribution in [-0.4, -0.2) is 28.5 Å². The molecular formula is C30H24INO5. The van der Waals surface area contributed by atoms with E-state index in [1.807, 2.05) is 24.3 Å². The van der Waals surface area contributed by atoms with Crippen molar-refractivity contribution >= 4 is 51.7 Å². The van der Waals surface area contributed by atoms with Crippen LogP contribution in [0.4, 0.5) is 5.69 Å². The second-order valence-corrected chi connectivity index (χ2v) is 11.5. The van der Waals surface area contributed by atoms with E-state index in [0.29, 0.717) is 34.4 Å². The van der Waals surface area contributed by atoms with E-state index in [4.69, 9.17) is 0 Å². The monoisotopic (exact) mass is 605 g/mol. The lowest BCUT2D eigenvalue weighted by atomic mass is 9.59. The van der Waals surface area contributed by atoms with E-state index in [2.05, 4.69) is 22.6 Å². The molecule has 4 atom stereocenters. The first-order valence-corrected chi connectivity index (χ1v) is 13.4. The molecule has 2 amide bonds. The highest BCUT2D eigenvalue weighted by Crippen LogP contribution is 2.55. The number of hydrogen-bond acceptors (Lipinski definition) is 5. The number of nitrogens with zero attached hydrogens (tertiary/aromatic N) is 1. The van der Waals surface area contributed by atoms with Crippen LogP contribution in [0.2, 0.25) is 0 Å². The molecular weight excluding hydrogens is 581 g/mol. The summed E-state index contributed by atoms with van der Waals surface area (Å²) in [5, 5.41) is 10.1. The summed E-state index contributed by atoms with van der Waals surface area (Å²) in [6.07, 6.45) is 4.05. The summed E-state index contributed by atoms with van der Waals surface area (Å²) in [7, 11) is 0. The normalized spacial score (nSPS) is 27.1. The number of aryl methyl sites for hydroxylation is 1. The summed E-state index contributed by atoms with van der Waals surface area (Å²) >= 11 is 2.18. The van der Waals surface area contributed by atoms with Crippen LogP contribution in [0, 0.1) is 28.2 Å². The molecule has 1 fully saturated rings. The Balaban J connectivity index is 1.49. The van der Waals surface area contributed by atoms with Gasteiger partial charge in [0.05, 0.1) is 17.5 Å². The number of phenolic OH excluding ortho intramolecular Hbond substituents is 1. The predicted octanol–water partition coefficient (Wildman–Crippen LogP) is 4.94. The molecule has 2 aromatic rings. The Morgan fingerprint density at radius 1 is 0.946 bits per heavy atom. The average Bonchev–Trinajstić information content (AvgIpc) is 3.13. The molecule has 4 unspecified atom stereocenters. The van der Waals surface area contributed by atoms with E-state index in [9.17, 15) is 24.3 Å². The van der Waals surface area contributed by atoms with Crippen LogP contribution >= 0.6 is 22.6 Å². The number of benzene rings is 2. The Morgan fingerprint density at radius 3 is 2.38 bits per heavy atom. The number of fused-ring (bicyclic) bond motifs is 3. The minimum absolute atomic E-state index is 0.148. The van der Waals surface area contributed by atoms with Crippen LogP contribution < -0.4 is 4.90 Å². The maximum Gasteiger partial charge on any atom is 0.238 e. The number of rotatable bonds is 2. The van der Waals surface area contributed by atoms with Crippen molar-refractivity contribution < 1.29 is 24.3 Å². The molecule has 1 aliphatic heterocycles. The first-order chi connectivity index (χ1) is 17.7. The number of amides is 2. The summed E-state index contributed by atoms with van der Waals surface area (Å²) in [6.45, 7) is 3.44. The summed E-state index contributed by atoms with van der Waals surface area (Å²) < 4.78 is 1.00. The fourth-order valence-corrected chi connectivity index (χ4v) is 6.80. The van der Waals surface area contributed by atoms with Gasteiger partial charge in [0.15, 0.2) is 11.6 Å². The summed E-state index contributed by atoms with van der Waals surface area (Å²) in [5.41, 5.74) is 4.20. The molecule has 1 N–H and O–H groups in total. The van der Waals surface area contributed by atoms with Crippen molar-refractivity contribution in [1.82, 2.24) is 0 Å². The van der Waals surface area contributed by atoms with Crippen LogP contribution in [-0.2, 0) is 19.2 Å². The third kappa shape index (κ3) is 3.58. The van der Waals surface area contributed by atoms with Gasteiger partial charge in [-0.05, 0) is 103 Å². The van der Waals surface area contributed by atoms with Crippen molar-refractivity contribution in [2.24, 2.45) is 17.8 Å². The van der Waals surface area contributed by atoms with Gasteiger partial charge in [-0.15, -0.1) is 0 Å². The second kappa shape index (κ2) is 8.62. The lowest BCUT2D eigenvalue weighted by molar-refractivity contribution is -0.123. The number of anilines is 1. The third-order valence-corrected chi connectivity index (χ3v) is 8.92. The zero-order chi connectivity index (χ0) is 26.2. The minimum Gasteiger partial charge on any atom is -0.508 e. The summed E-state index contributed by atoms with van der Waals surface area (Å²) in [4.78, 5) is 55.3. The third-order valence-electron chi connectivity index (χ3n) is 8.20. The number of phenols is 1. The maximum atomic E-state index is 13.9. The lowest BCUT2D eigenvalue weighted by Crippen LogP contribution is -2.39. The number of allylic oxidation sites excluding steroid dienone is 6. The zero-order valence-corrected chi connectivity index (χ0v) is 22.5. The van der Waals surface area contributed by atoms with Crippen molar-refractivity contribution in [3.05, 3.63) is 91.6 Å². The Hall–Kier alpha value is -3.33. The number of Topliss-reactive ketones (excluding diaryl/α,β-unsaturated/α-hetero) is 1. The standard InChI is InChI=1S/C30H24INO5/c1-14-11-16(3-10-23(14)33)25-19-8-9-20-26(21(19)13-22-24(34)12-15(2)28(35)27(22)25)30(37)32(29(20)36)18-6-4-17(31)5-7-18/h3-8,10-12,20-21,25-26,33H,9,13H2,1-2H3. The molecule has 0 saturated carbocycles. The van der Waals surface area contributed by atoms with Crippen molar-refractivity contribution in [1.29, 1.82) is 0 Å². The van der Waals surface area contributed by atoms with Crippen molar-refractivity contribution in [3.63, 3.8) is 0 Å². The average molecular weight is 605 g/mol. The number of ketones is 2. The van der Waals surface area contributed by atoms with E-state index >= 15 is 0 Å². The lowest BCUT2D eigenvalue weighted by Gasteiger charge is -2.42. The van der Waals surface area contributed by atoms with Crippen molar-refractivity contribution in [2.45, 2.75) is 32.6 Å². The van der Waals surface area contributed by atoms with Gasteiger partial charge in [0.25, 0.3) is 0 Å². The van der Waals surface area contributed by atoms with Gasteiger partial charge in [-0.2, -0.15) is 0 Å². The molecule has 0 radical (unpaired) electrons. The largest absolute Gasteiger partial charge is 0.508 e. The number of aromatic hydroxyl groups is 1. The molecule has 0 aromatic heterocycles. The van der Waals surface area contributed by atoms with Gasteiger partial charge < -0.3 is 5.11 Å². The fraction of sp³-hybridized carbons (Fsp3) is 0.267. The van der Waals surface area contributed by atoms with Crippen molar-refractivity contribution in [3.8, 4) is 5.75 Å². The van der Waals surface area contributed by atoms with E-state index < -0.39 is 17.8 Å². The summed E-state index contributed by atoms with van der Waals surface area (Å²) in [5.74, 6) is -2.68. The minimum atomic E-state index is -0.601. The Labute approximate surface area is 227 Å². The van der Waals surface area contributed by atoms with Gasteiger partial charge in [0, 0.05) is 26.2 Å². The van der Waals surface area contributed by atoms with Gasteiger partial charge in [-0.25, -0.2) is 0 Å². The van der Waals surface area contributed by atoms with Crippen LogP contribution in [0.25, 0.3) is 0 Å². The van der Waals surface area contributed by atoms with Gasteiger partial charge in [0.2, 0.25) is 11.8 Å². The quantitative estimate of drug-likeness (QED) is 0.227. The predicted molar refractivity (Wildman–Crippen MR) is 146 cm³/mol. The number of hydrogen-bond donors (Lipinski definition) is 1. The van der Waals surface area contributed by atoms with E-state index in [1.54, 1.807) is 38.1 Å². The SMILES string of the molecule is CC1=CC(=O)C2=C(C1=O)C(c1ccc(O)c(C)c1)C1=CCC3C(=O)N(c4ccc(I)cc4)C(=O)C3C1C2. The van der Waals surface area contributed by atoms with E-state index in [1.165, 1.54) is 11.0 Å². The Kier molecular flexibility index (Phi) is 5.60. The van der Waals surface area contributed by atoms with E-state index in [-0.39, 0.29) is 41.5 Å². The van der Waals surface area contributed by atoms with Gasteiger partial charge >= 0.3 is 0 Å². The van der Waals surface area contributed by atoms with Crippen molar-refractivity contribution in [2.75, 3.05) is 4.90 Å². The highest BCUT2D eigenvalue weighted by molar-refractivity contribution is 14.1. The Bertz CT molecular complexity index is 1510. The van der Waals surface area contributed by atoms with Gasteiger partial charge in [0.1, 0.15) is 5.75 Å². The van der Waals surface area contributed by atoms with Crippen LogP contribution in [0.3, 0.4) is 0 Å². The van der Waals surface area contributed by atoms with Crippen LogP contribution in [0.1, 0.15) is 36.8 Å². The highest BCUT2D eigenvalue weighted by atomic mass is 127. The summed E-state index contributed by atoms with van der Waals surface area (Å²) in [6, 6.07) is 12.5. The molecule has 1 heterocycles. The maximum absolute atomic E-state index is 13.9. The second-order valence-electron chi connectivity index (χ2n) is 10.3. The van der Waals surface area contributed by atoms with Crippen LogP contribution in [0.5, 0.6) is 5.75 Å².